The summed E-state index contributed by atoms with van der Waals surface area (Å²) < 4.78 is 5.49. The van der Waals surface area contributed by atoms with Gasteiger partial charge in [0.1, 0.15) is 5.75 Å². The van der Waals surface area contributed by atoms with E-state index >= 15 is 0 Å². The molecule has 2 unspecified atom stereocenters. The van der Waals surface area contributed by atoms with Gasteiger partial charge in [-0.3, -0.25) is 10.1 Å². The van der Waals surface area contributed by atoms with Crippen molar-refractivity contribution in [2.24, 2.45) is 5.92 Å². The lowest BCUT2D eigenvalue weighted by molar-refractivity contribution is -0.384. The number of nitrogens with zero attached hydrogens (tertiary/aromatic N) is 1. The van der Waals surface area contributed by atoms with Gasteiger partial charge < -0.3 is 20.5 Å². The van der Waals surface area contributed by atoms with Crippen molar-refractivity contribution >= 4 is 18.1 Å². The van der Waals surface area contributed by atoms with Gasteiger partial charge in [0.05, 0.1) is 17.6 Å². The minimum absolute atomic E-state index is 0. The van der Waals surface area contributed by atoms with E-state index in [9.17, 15) is 15.2 Å². The van der Waals surface area contributed by atoms with E-state index in [1.807, 2.05) is 6.92 Å². The lowest BCUT2D eigenvalue weighted by atomic mass is 10.1. The first-order chi connectivity index (χ1) is 10.1. The molecule has 0 aromatic heterocycles. The molecule has 1 aliphatic rings. The van der Waals surface area contributed by atoms with Crippen molar-refractivity contribution in [2.45, 2.75) is 19.6 Å². The molecule has 0 aliphatic carbocycles. The fourth-order valence-electron chi connectivity index (χ4n) is 2.43. The summed E-state index contributed by atoms with van der Waals surface area (Å²) in [5.74, 6) is 0.819. The number of β-amino-alcohol motifs (C(OH)–C–C–N with tert-alkyl or cyclic N) is 1. The van der Waals surface area contributed by atoms with E-state index in [1.165, 1.54) is 12.1 Å². The Morgan fingerprint density at radius 3 is 2.86 bits per heavy atom. The first-order valence-electron chi connectivity index (χ1n) is 7.11. The summed E-state index contributed by atoms with van der Waals surface area (Å²) >= 11 is 0. The second kappa shape index (κ2) is 8.89. The molecule has 1 heterocycles. The SMILES string of the molecule is CCOc1ccc([N+](=O)[O-])cc1CNCC1CNCC1O.Cl. The van der Waals surface area contributed by atoms with Crippen LogP contribution in [-0.4, -0.2) is 42.4 Å². The molecule has 0 bridgehead atoms. The van der Waals surface area contributed by atoms with Crippen LogP contribution >= 0.6 is 12.4 Å². The van der Waals surface area contributed by atoms with Crippen molar-refractivity contribution < 1.29 is 14.8 Å². The quantitative estimate of drug-likeness (QED) is 0.511. The third-order valence-corrected chi connectivity index (χ3v) is 3.58. The summed E-state index contributed by atoms with van der Waals surface area (Å²) in [6, 6.07) is 4.60. The highest BCUT2D eigenvalue weighted by Gasteiger charge is 2.24. The molecule has 2 rings (SSSR count). The summed E-state index contributed by atoms with van der Waals surface area (Å²) in [7, 11) is 0. The van der Waals surface area contributed by atoms with Gasteiger partial charge in [0, 0.05) is 49.8 Å². The van der Waals surface area contributed by atoms with Crippen molar-refractivity contribution in [1.82, 2.24) is 10.6 Å². The molecule has 1 fully saturated rings. The van der Waals surface area contributed by atoms with Gasteiger partial charge in [-0.25, -0.2) is 0 Å². The maximum atomic E-state index is 10.9. The Morgan fingerprint density at radius 2 is 2.27 bits per heavy atom. The number of nitro groups is 1. The number of nitro benzene ring substituents is 1. The van der Waals surface area contributed by atoms with Crippen LogP contribution in [0, 0.1) is 16.0 Å². The maximum Gasteiger partial charge on any atom is 0.270 e. The number of halogens is 1. The van der Waals surface area contributed by atoms with E-state index < -0.39 is 4.92 Å². The zero-order chi connectivity index (χ0) is 15.2. The predicted octanol–water partition coefficient (Wildman–Crippen LogP) is 1.09. The van der Waals surface area contributed by atoms with Crippen LogP contribution in [-0.2, 0) is 6.54 Å². The number of nitrogens with one attached hydrogen (secondary N) is 2. The summed E-state index contributed by atoms with van der Waals surface area (Å²) in [4.78, 5) is 10.4. The molecule has 7 nitrogen and oxygen atoms in total. The normalized spacial score (nSPS) is 20.5. The average Bonchev–Trinajstić information content (AvgIpc) is 2.86. The van der Waals surface area contributed by atoms with E-state index in [0.29, 0.717) is 32.0 Å². The van der Waals surface area contributed by atoms with Crippen LogP contribution in [0.3, 0.4) is 0 Å². The smallest absolute Gasteiger partial charge is 0.270 e. The van der Waals surface area contributed by atoms with Gasteiger partial charge in [0.2, 0.25) is 0 Å². The standard InChI is InChI=1S/C14H21N3O4.ClH/c1-2-21-14-4-3-12(17(19)20)5-10(14)6-15-7-11-8-16-9-13(11)18;/h3-5,11,13,15-16,18H,2,6-9H2,1H3;1H. The van der Waals surface area contributed by atoms with Crippen LogP contribution < -0.4 is 15.4 Å². The Morgan fingerprint density at radius 1 is 1.50 bits per heavy atom. The van der Waals surface area contributed by atoms with Gasteiger partial charge in [-0.05, 0) is 13.0 Å². The molecule has 124 valence electrons. The highest BCUT2D eigenvalue weighted by atomic mass is 35.5. The number of benzene rings is 1. The second-order valence-corrected chi connectivity index (χ2v) is 5.10. The third-order valence-electron chi connectivity index (χ3n) is 3.58. The molecular weight excluding hydrogens is 310 g/mol. The van der Waals surface area contributed by atoms with Gasteiger partial charge >= 0.3 is 0 Å². The molecule has 8 heteroatoms. The van der Waals surface area contributed by atoms with Crippen molar-refractivity contribution in [3.05, 3.63) is 33.9 Å². The number of hydrogen-bond acceptors (Lipinski definition) is 6. The summed E-state index contributed by atoms with van der Waals surface area (Å²) in [5, 5.41) is 26.9. The molecule has 0 saturated carbocycles. The molecule has 1 saturated heterocycles. The maximum absolute atomic E-state index is 10.9. The van der Waals surface area contributed by atoms with Gasteiger partial charge in [-0.1, -0.05) is 0 Å². The first-order valence-corrected chi connectivity index (χ1v) is 7.11. The summed E-state index contributed by atoms with van der Waals surface area (Å²) in [5.41, 5.74) is 0.810. The minimum Gasteiger partial charge on any atom is -0.494 e. The number of ether oxygens (including phenoxy) is 1. The van der Waals surface area contributed by atoms with Crippen LogP contribution in [0.1, 0.15) is 12.5 Å². The van der Waals surface area contributed by atoms with Gasteiger partial charge in [0.25, 0.3) is 5.69 Å². The van der Waals surface area contributed by atoms with Crippen LogP contribution in [0.4, 0.5) is 5.69 Å². The highest BCUT2D eigenvalue weighted by molar-refractivity contribution is 5.85. The van der Waals surface area contributed by atoms with E-state index in [1.54, 1.807) is 6.07 Å². The van der Waals surface area contributed by atoms with Crippen LogP contribution in [0.5, 0.6) is 5.75 Å². The van der Waals surface area contributed by atoms with Gasteiger partial charge in [-0.2, -0.15) is 0 Å². The largest absolute Gasteiger partial charge is 0.494 e. The Bertz CT molecular complexity index is 501. The number of hydrogen-bond donors (Lipinski definition) is 3. The lowest BCUT2D eigenvalue weighted by Gasteiger charge is -2.15. The molecule has 0 spiro atoms. The fourth-order valence-corrected chi connectivity index (χ4v) is 2.43. The van der Waals surface area contributed by atoms with Crippen LogP contribution in [0.2, 0.25) is 0 Å². The minimum atomic E-state index is -0.413. The van der Waals surface area contributed by atoms with Crippen LogP contribution in [0.15, 0.2) is 18.2 Å². The molecule has 0 radical (unpaired) electrons. The van der Waals surface area contributed by atoms with Crippen molar-refractivity contribution in [3.8, 4) is 5.75 Å². The summed E-state index contributed by atoms with van der Waals surface area (Å²) in [6.45, 7) is 4.91. The molecule has 22 heavy (non-hydrogen) atoms. The Hall–Kier alpha value is -1.41. The van der Waals surface area contributed by atoms with E-state index in [0.717, 1.165) is 12.1 Å². The Labute approximate surface area is 135 Å². The van der Waals surface area contributed by atoms with E-state index in [2.05, 4.69) is 10.6 Å². The molecule has 3 N–H and O–H groups in total. The van der Waals surface area contributed by atoms with Crippen molar-refractivity contribution in [2.75, 3.05) is 26.2 Å². The number of aliphatic hydroxyl groups excluding tert-OH is 1. The fraction of sp³-hybridized carbons (Fsp3) is 0.571. The topological polar surface area (TPSA) is 96.7 Å². The highest BCUT2D eigenvalue weighted by Crippen LogP contribution is 2.24. The Kier molecular flexibility index (Phi) is 7.53. The summed E-state index contributed by atoms with van der Waals surface area (Å²) in [6.07, 6.45) is -0.339. The first kappa shape index (κ1) is 18.6. The predicted molar refractivity (Wildman–Crippen MR) is 85.6 cm³/mol. The van der Waals surface area contributed by atoms with E-state index in [-0.39, 0.29) is 30.1 Å². The lowest BCUT2D eigenvalue weighted by Crippen LogP contribution is -2.30. The zero-order valence-corrected chi connectivity index (χ0v) is 13.3. The van der Waals surface area contributed by atoms with Crippen molar-refractivity contribution in [1.29, 1.82) is 0 Å². The molecule has 1 aromatic carbocycles. The molecular formula is C14H22ClN3O4. The molecule has 0 amide bonds. The second-order valence-electron chi connectivity index (χ2n) is 5.10. The Balaban J connectivity index is 0.00000242. The number of aliphatic hydroxyl groups is 1. The molecule has 1 aliphatic heterocycles. The third kappa shape index (κ3) is 4.81. The van der Waals surface area contributed by atoms with Crippen molar-refractivity contribution in [3.63, 3.8) is 0 Å². The number of rotatable bonds is 7. The van der Waals surface area contributed by atoms with Gasteiger partial charge in [0.15, 0.2) is 0 Å². The molecule has 2 atom stereocenters. The molecule has 1 aromatic rings. The monoisotopic (exact) mass is 331 g/mol. The van der Waals surface area contributed by atoms with Gasteiger partial charge in [-0.15, -0.1) is 12.4 Å². The van der Waals surface area contributed by atoms with Crippen LogP contribution in [0.25, 0.3) is 0 Å². The average molecular weight is 332 g/mol. The number of non-ortho nitro benzene ring substituents is 1. The zero-order valence-electron chi connectivity index (χ0n) is 12.4. The van der Waals surface area contributed by atoms with E-state index in [4.69, 9.17) is 4.74 Å².